The number of hydrogen-bond acceptors (Lipinski definition) is 3. The zero-order chi connectivity index (χ0) is 15.5. The lowest BCUT2D eigenvalue weighted by Gasteiger charge is -2.19. The summed E-state index contributed by atoms with van der Waals surface area (Å²) in [4.78, 5) is 13.5. The van der Waals surface area contributed by atoms with Crippen molar-refractivity contribution in [1.29, 1.82) is 0 Å². The van der Waals surface area contributed by atoms with Crippen LogP contribution in [0.3, 0.4) is 0 Å². The van der Waals surface area contributed by atoms with Gasteiger partial charge in [0.15, 0.2) is 0 Å². The highest BCUT2D eigenvalue weighted by atomic mass is 32.1. The van der Waals surface area contributed by atoms with Crippen molar-refractivity contribution < 1.29 is 4.79 Å². The van der Waals surface area contributed by atoms with E-state index in [1.165, 1.54) is 17.7 Å². The third kappa shape index (κ3) is 7.09. The summed E-state index contributed by atoms with van der Waals surface area (Å²) in [5.41, 5.74) is 5.65. The summed E-state index contributed by atoms with van der Waals surface area (Å²) in [5, 5.41) is 5.27. The quantitative estimate of drug-likeness (QED) is 0.642. The first-order chi connectivity index (χ1) is 10.2. The Morgan fingerprint density at radius 2 is 2.00 bits per heavy atom. The lowest BCUT2D eigenvalue weighted by molar-refractivity contribution is -0.122. The fourth-order valence-corrected chi connectivity index (χ4v) is 3.55. The van der Waals surface area contributed by atoms with E-state index in [-0.39, 0.29) is 11.9 Å². The minimum atomic E-state index is 0.181. The molecule has 1 heterocycles. The maximum absolute atomic E-state index is 12.2. The fraction of sp³-hybridized carbons (Fsp3) is 0.706. The molecule has 120 valence electrons. The second-order valence-electron chi connectivity index (χ2n) is 5.69. The molecule has 0 bridgehead atoms. The molecule has 0 spiro atoms. The highest BCUT2D eigenvalue weighted by Gasteiger charge is 2.16. The molecule has 0 saturated heterocycles. The van der Waals surface area contributed by atoms with Crippen LogP contribution in [0.5, 0.6) is 0 Å². The van der Waals surface area contributed by atoms with Gasteiger partial charge in [-0.2, -0.15) is 0 Å². The maximum Gasteiger partial charge on any atom is 0.220 e. The van der Waals surface area contributed by atoms with Gasteiger partial charge in [0.1, 0.15) is 0 Å². The van der Waals surface area contributed by atoms with Gasteiger partial charge in [0.25, 0.3) is 0 Å². The van der Waals surface area contributed by atoms with Gasteiger partial charge in [-0.15, -0.1) is 11.3 Å². The summed E-state index contributed by atoms with van der Waals surface area (Å²) >= 11 is 1.72. The summed E-state index contributed by atoms with van der Waals surface area (Å²) in [6.45, 7) is 5.07. The summed E-state index contributed by atoms with van der Waals surface area (Å²) in [6, 6.07) is 4.34. The van der Waals surface area contributed by atoms with Crippen molar-refractivity contribution in [3.05, 3.63) is 22.4 Å². The third-order valence-electron chi connectivity index (χ3n) is 3.85. The molecule has 0 aliphatic carbocycles. The molecule has 3 nitrogen and oxygen atoms in total. The smallest absolute Gasteiger partial charge is 0.220 e. The van der Waals surface area contributed by atoms with E-state index in [4.69, 9.17) is 5.73 Å². The van der Waals surface area contributed by atoms with E-state index in [2.05, 4.69) is 30.6 Å². The third-order valence-corrected chi connectivity index (χ3v) is 4.84. The van der Waals surface area contributed by atoms with Crippen molar-refractivity contribution in [1.82, 2.24) is 5.32 Å². The molecule has 3 N–H and O–H groups in total. The molecule has 1 rings (SSSR count). The number of thiophene rings is 1. The molecule has 4 heteroatoms. The van der Waals surface area contributed by atoms with Gasteiger partial charge in [-0.3, -0.25) is 4.79 Å². The number of nitrogens with one attached hydrogen (secondary N) is 1. The van der Waals surface area contributed by atoms with Gasteiger partial charge in [0, 0.05) is 11.3 Å². The average molecular weight is 311 g/mol. The Morgan fingerprint density at radius 3 is 2.57 bits per heavy atom. The van der Waals surface area contributed by atoms with Gasteiger partial charge in [-0.1, -0.05) is 39.2 Å². The van der Waals surface area contributed by atoms with Crippen molar-refractivity contribution in [2.75, 3.05) is 6.54 Å². The van der Waals surface area contributed by atoms with Crippen LogP contribution < -0.4 is 11.1 Å². The Bertz CT molecular complexity index is 372. The number of carbonyl (C=O) groups is 1. The van der Waals surface area contributed by atoms with Crippen molar-refractivity contribution in [3.8, 4) is 0 Å². The number of rotatable bonds is 11. The van der Waals surface area contributed by atoms with Crippen LogP contribution in [-0.4, -0.2) is 12.5 Å². The second kappa shape index (κ2) is 10.8. The minimum absolute atomic E-state index is 0.181. The van der Waals surface area contributed by atoms with Crippen LogP contribution in [0.4, 0.5) is 0 Å². The first-order valence-corrected chi connectivity index (χ1v) is 9.12. The first kappa shape index (κ1) is 18.2. The molecule has 2 atom stereocenters. The highest BCUT2D eigenvalue weighted by molar-refractivity contribution is 7.10. The lowest BCUT2D eigenvalue weighted by atomic mass is 9.94. The molecular formula is C17H30N2OS. The van der Waals surface area contributed by atoms with Crippen molar-refractivity contribution in [3.63, 3.8) is 0 Å². The number of hydrogen-bond donors (Lipinski definition) is 2. The van der Waals surface area contributed by atoms with Crippen molar-refractivity contribution >= 4 is 17.2 Å². The van der Waals surface area contributed by atoms with Gasteiger partial charge < -0.3 is 11.1 Å². The van der Waals surface area contributed by atoms with Crippen LogP contribution in [0, 0.1) is 5.92 Å². The molecule has 0 radical (unpaired) electrons. The zero-order valence-corrected chi connectivity index (χ0v) is 14.3. The van der Waals surface area contributed by atoms with E-state index in [1.54, 1.807) is 11.3 Å². The molecule has 2 unspecified atom stereocenters. The van der Waals surface area contributed by atoms with E-state index < -0.39 is 0 Å². The van der Waals surface area contributed by atoms with Gasteiger partial charge in [-0.05, 0) is 43.2 Å². The van der Waals surface area contributed by atoms with Gasteiger partial charge in [0.2, 0.25) is 5.91 Å². The molecular weight excluding hydrogens is 280 g/mol. The van der Waals surface area contributed by atoms with Gasteiger partial charge >= 0.3 is 0 Å². The van der Waals surface area contributed by atoms with Gasteiger partial charge in [-0.25, -0.2) is 0 Å². The molecule has 0 aliphatic heterocycles. The lowest BCUT2D eigenvalue weighted by Crippen LogP contribution is -2.28. The number of nitrogens with two attached hydrogens (primary N) is 1. The normalized spacial score (nSPS) is 13.9. The van der Waals surface area contributed by atoms with E-state index in [9.17, 15) is 4.79 Å². The topological polar surface area (TPSA) is 55.1 Å². The van der Waals surface area contributed by atoms with Crippen LogP contribution in [-0.2, 0) is 4.79 Å². The molecule has 1 amide bonds. The molecule has 21 heavy (non-hydrogen) atoms. The maximum atomic E-state index is 12.2. The Kier molecular flexibility index (Phi) is 9.35. The van der Waals surface area contributed by atoms with Crippen LogP contribution in [0.2, 0.25) is 0 Å². The predicted molar refractivity (Wildman–Crippen MR) is 91.4 cm³/mol. The number of carbonyl (C=O) groups excluding carboxylic acids is 1. The molecule has 1 aromatic heterocycles. The molecule has 0 saturated carbocycles. The zero-order valence-electron chi connectivity index (χ0n) is 13.4. The summed E-state index contributed by atoms with van der Waals surface area (Å²) in [6.07, 6.45) is 7.04. The predicted octanol–water partition coefficient (Wildman–Crippen LogP) is 4.25. The fourth-order valence-electron chi connectivity index (χ4n) is 2.74. The van der Waals surface area contributed by atoms with Crippen LogP contribution in [0.25, 0.3) is 0 Å². The van der Waals surface area contributed by atoms with Gasteiger partial charge in [0.05, 0.1) is 6.04 Å². The monoisotopic (exact) mass is 310 g/mol. The Hall–Kier alpha value is -0.870. The Morgan fingerprint density at radius 1 is 1.24 bits per heavy atom. The molecule has 1 aromatic rings. The van der Waals surface area contributed by atoms with Crippen LogP contribution in [0.1, 0.15) is 69.7 Å². The van der Waals surface area contributed by atoms with Crippen molar-refractivity contribution in [2.45, 2.75) is 64.8 Å². The minimum Gasteiger partial charge on any atom is -0.348 e. The Labute approximate surface area is 133 Å². The summed E-state index contributed by atoms with van der Waals surface area (Å²) in [7, 11) is 0. The van der Waals surface area contributed by atoms with Crippen LogP contribution in [0.15, 0.2) is 17.5 Å². The van der Waals surface area contributed by atoms with Crippen LogP contribution >= 0.6 is 11.3 Å². The van der Waals surface area contributed by atoms with E-state index in [0.717, 1.165) is 32.2 Å². The SMILES string of the molecule is CCCC(CCN)CCC(=O)NC(CCC)c1cccs1. The molecule has 0 fully saturated rings. The van der Waals surface area contributed by atoms with Crippen molar-refractivity contribution in [2.24, 2.45) is 11.7 Å². The molecule has 0 aromatic carbocycles. The summed E-state index contributed by atoms with van der Waals surface area (Å²) < 4.78 is 0. The Balaban J connectivity index is 2.43. The van der Waals surface area contributed by atoms with E-state index >= 15 is 0 Å². The highest BCUT2D eigenvalue weighted by Crippen LogP contribution is 2.24. The second-order valence-corrected chi connectivity index (χ2v) is 6.67. The standard InChI is InChI=1S/C17H30N2OS/c1-3-6-14(11-12-18)9-10-17(20)19-15(7-4-2)16-8-5-13-21-16/h5,8,13-15H,3-4,6-7,9-12,18H2,1-2H3,(H,19,20). The average Bonchev–Trinajstić information content (AvgIpc) is 2.99. The van der Waals surface area contributed by atoms with E-state index in [0.29, 0.717) is 12.3 Å². The summed E-state index contributed by atoms with van der Waals surface area (Å²) in [5.74, 6) is 0.775. The van der Waals surface area contributed by atoms with E-state index in [1.807, 2.05) is 6.07 Å². The molecule has 0 aliphatic rings. The first-order valence-electron chi connectivity index (χ1n) is 8.24. The largest absolute Gasteiger partial charge is 0.348 e. The number of amides is 1.